The Bertz CT molecular complexity index is 600. The summed E-state index contributed by atoms with van der Waals surface area (Å²) in [5.74, 6) is 1.18. The standard InChI is InChI=1S/C15H16N2O3/c1-11-10-14(17-20-11)15(18)16-9-3-4-12-5-7-13(19-2)8-6-12/h3-8,10H,9H2,1-2H3,(H,16,18)/b4-3+. The molecule has 0 aliphatic carbocycles. The molecule has 5 heteroatoms. The molecule has 2 aromatic rings. The molecular formula is C15H16N2O3. The molecule has 1 aromatic heterocycles. The van der Waals surface area contributed by atoms with Crippen LogP contribution >= 0.6 is 0 Å². The maximum atomic E-state index is 11.7. The van der Waals surface area contributed by atoms with Crippen LogP contribution in [0.25, 0.3) is 6.08 Å². The van der Waals surface area contributed by atoms with Gasteiger partial charge in [0, 0.05) is 12.6 Å². The third kappa shape index (κ3) is 3.71. The largest absolute Gasteiger partial charge is 0.497 e. The first-order valence-electron chi connectivity index (χ1n) is 6.21. The minimum Gasteiger partial charge on any atom is -0.497 e. The minimum absolute atomic E-state index is 0.249. The zero-order valence-electron chi connectivity index (χ0n) is 11.4. The van der Waals surface area contributed by atoms with Gasteiger partial charge in [-0.15, -0.1) is 0 Å². The van der Waals surface area contributed by atoms with Crippen LogP contribution in [0.15, 0.2) is 40.9 Å². The average molecular weight is 272 g/mol. The second-order valence-electron chi connectivity index (χ2n) is 4.21. The SMILES string of the molecule is COc1ccc(/C=C/CNC(=O)c2cc(C)on2)cc1. The zero-order chi connectivity index (χ0) is 14.4. The highest BCUT2D eigenvalue weighted by Gasteiger charge is 2.08. The summed E-state index contributed by atoms with van der Waals surface area (Å²) in [5.41, 5.74) is 1.33. The van der Waals surface area contributed by atoms with Gasteiger partial charge in [0.15, 0.2) is 5.69 Å². The van der Waals surface area contributed by atoms with E-state index in [1.54, 1.807) is 20.1 Å². The van der Waals surface area contributed by atoms with Crippen molar-refractivity contribution in [1.82, 2.24) is 10.5 Å². The number of benzene rings is 1. The smallest absolute Gasteiger partial charge is 0.273 e. The Labute approximate surface area is 117 Å². The monoisotopic (exact) mass is 272 g/mol. The third-order valence-corrected chi connectivity index (χ3v) is 2.67. The third-order valence-electron chi connectivity index (χ3n) is 2.67. The second-order valence-corrected chi connectivity index (χ2v) is 4.21. The van der Waals surface area contributed by atoms with E-state index < -0.39 is 0 Å². The molecule has 0 radical (unpaired) electrons. The molecule has 0 spiro atoms. The fraction of sp³-hybridized carbons (Fsp3) is 0.200. The molecule has 0 bridgehead atoms. The lowest BCUT2D eigenvalue weighted by Crippen LogP contribution is -2.23. The van der Waals surface area contributed by atoms with Crippen LogP contribution in [0, 0.1) is 6.92 Å². The van der Waals surface area contributed by atoms with E-state index in [2.05, 4.69) is 10.5 Å². The molecule has 0 unspecified atom stereocenters. The van der Waals surface area contributed by atoms with E-state index in [1.807, 2.05) is 36.4 Å². The summed E-state index contributed by atoms with van der Waals surface area (Å²) in [6.07, 6.45) is 3.79. The van der Waals surface area contributed by atoms with Crippen molar-refractivity contribution >= 4 is 12.0 Å². The van der Waals surface area contributed by atoms with Crippen molar-refractivity contribution in [1.29, 1.82) is 0 Å². The summed E-state index contributed by atoms with van der Waals surface area (Å²) in [4.78, 5) is 11.7. The number of rotatable bonds is 5. The number of nitrogens with zero attached hydrogens (tertiary/aromatic N) is 1. The maximum absolute atomic E-state index is 11.7. The summed E-state index contributed by atoms with van der Waals surface area (Å²) in [5, 5.41) is 6.38. The molecule has 5 nitrogen and oxygen atoms in total. The van der Waals surface area contributed by atoms with E-state index in [0.717, 1.165) is 11.3 Å². The molecule has 0 atom stereocenters. The molecular weight excluding hydrogens is 256 g/mol. The lowest BCUT2D eigenvalue weighted by molar-refractivity contribution is 0.0949. The molecule has 0 fully saturated rings. The molecule has 0 saturated heterocycles. The Morgan fingerprint density at radius 3 is 2.75 bits per heavy atom. The predicted molar refractivity (Wildman–Crippen MR) is 75.6 cm³/mol. The number of amides is 1. The Morgan fingerprint density at radius 1 is 1.40 bits per heavy atom. The van der Waals surface area contributed by atoms with Gasteiger partial charge in [-0.05, 0) is 24.6 Å². The zero-order valence-corrected chi connectivity index (χ0v) is 11.4. The van der Waals surface area contributed by atoms with Crippen LogP contribution in [-0.4, -0.2) is 24.7 Å². The molecule has 1 heterocycles. The van der Waals surface area contributed by atoms with E-state index in [0.29, 0.717) is 18.0 Å². The van der Waals surface area contributed by atoms with Crippen LogP contribution < -0.4 is 10.1 Å². The highest BCUT2D eigenvalue weighted by Crippen LogP contribution is 2.12. The van der Waals surface area contributed by atoms with Gasteiger partial charge in [-0.3, -0.25) is 4.79 Å². The van der Waals surface area contributed by atoms with Crippen molar-refractivity contribution in [2.24, 2.45) is 0 Å². The van der Waals surface area contributed by atoms with Gasteiger partial charge in [0.1, 0.15) is 11.5 Å². The molecule has 0 aliphatic heterocycles. The van der Waals surface area contributed by atoms with Crippen molar-refractivity contribution in [2.75, 3.05) is 13.7 Å². The second kappa shape index (κ2) is 6.56. The normalized spacial score (nSPS) is 10.7. The number of hydrogen-bond donors (Lipinski definition) is 1. The van der Waals surface area contributed by atoms with Crippen molar-refractivity contribution < 1.29 is 14.1 Å². The lowest BCUT2D eigenvalue weighted by atomic mass is 10.2. The predicted octanol–water partition coefficient (Wildman–Crippen LogP) is 2.43. The summed E-state index contributed by atoms with van der Waals surface area (Å²) in [6, 6.07) is 9.26. The molecule has 1 N–H and O–H groups in total. The van der Waals surface area contributed by atoms with Crippen molar-refractivity contribution in [3.63, 3.8) is 0 Å². The van der Waals surface area contributed by atoms with E-state index in [9.17, 15) is 4.79 Å². The first kappa shape index (κ1) is 13.9. The van der Waals surface area contributed by atoms with Crippen LogP contribution in [0.3, 0.4) is 0 Å². The first-order chi connectivity index (χ1) is 9.69. The van der Waals surface area contributed by atoms with Gasteiger partial charge in [-0.25, -0.2) is 0 Å². The van der Waals surface area contributed by atoms with Crippen LogP contribution in [0.5, 0.6) is 5.75 Å². The van der Waals surface area contributed by atoms with E-state index >= 15 is 0 Å². The minimum atomic E-state index is -0.249. The van der Waals surface area contributed by atoms with E-state index in [-0.39, 0.29) is 5.91 Å². The van der Waals surface area contributed by atoms with E-state index in [1.165, 1.54) is 0 Å². The number of hydrogen-bond acceptors (Lipinski definition) is 4. The number of ether oxygens (including phenoxy) is 1. The molecule has 0 aliphatic rings. The fourth-order valence-electron chi connectivity index (χ4n) is 1.63. The van der Waals surface area contributed by atoms with E-state index in [4.69, 9.17) is 9.26 Å². The van der Waals surface area contributed by atoms with Gasteiger partial charge in [0.25, 0.3) is 5.91 Å². The van der Waals surface area contributed by atoms with Crippen molar-refractivity contribution in [3.8, 4) is 5.75 Å². The number of carbonyl (C=O) groups is 1. The summed E-state index contributed by atoms with van der Waals surface area (Å²) in [7, 11) is 1.63. The molecule has 1 aromatic carbocycles. The molecule has 2 rings (SSSR count). The van der Waals surface area contributed by atoms with Crippen molar-refractivity contribution in [2.45, 2.75) is 6.92 Å². The Morgan fingerprint density at radius 2 is 2.15 bits per heavy atom. The summed E-state index contributed by atoms with van der Waals surface area (Å²) in [6.45, 7) is 2.17. The maximum Gasteiger partial charge on any atom is 0.273 e. The highest BCUT2D eigenvalue weighted by molar-refractivity contribution is 5.92. The van der Waals surface area contributed by atoms with Gasteiger partial charge in [-0.2, -0.15) is 0 Å². The molecule has 1 amide bonds. The van der Waals surface area contributed by atoms with Gasteiger partial charge in [-0.1, -0.05) is 29.4 Å². The van der Waals surface area contributed by atoms with Gasteiger partial charge in [0.05, 0.1) is 7.11 Å². The Hall–Kier alpha value is -2.56. The van der Waals surface area contributed by atoms with Gasteiger partial charge < -0.3 is 14.6 Å². The Balaban J connectivity index is 1.82. The number of nitrogens with one attached hydrogen (secondary N) is 1. The fourth-order valence-corrected chi connectivity index (χ4v) is 1.63. The average Bonchev–Trinajstić information content (AvgIpc) is 2.91. The first-order valence-corrected chi connectivity index (χ1v) is 6.21. The number of carbonyl (C=O) groups excluding carboxylic acids is 1. The highest BCUT2D eigenvalue weighted by atomic mass is 16.5. The van der Waals surface area contributed by atoms with Crippen LogP contribution in [-0.2, 0) is 0 Å². The van der Waals surface area contributed by atoms with Gasteiger partial charge in [0.2, 0.25) is 0 Å². The van der Waals surface area contributed by atoms with Crippen molar-refractivity contribution in [3.05, 3.63) is 53.4 Å². The lowest BCUT2D eigenvalue weighted by Gasteiger charge is -2.00. The number of methoxy groups -OCH3 is 1. The summed E-state index contributed by atoms with van der Waals surface area (Å²) < 4.78 is 9.92. The number of aromatic nitrogens is 1. The molecule has 104 valence electrons. The van der Waals surface area contributed by atoms with Gasteiger partial charge >= 0.3 is 0 Å². The van der Waals surface area contributed by atoms with Crippen LogP contribution in [0.4, 0.5) is 0 Å². The molecule has 20 heavy (non-hydrogen) atoms. The quantitative estimate of drug-likeness (QED) is 0.908. The Kier molecular flexibility index (Phi) is 4.55. The molecule has 0 saturated carbocycles. The van der Waals surface area contributed by atoms with Crippen LogP contribution in [0.2, 0.25) is 0 Å². The topological polar surface area (TPSA) is 64.4 Å². The number of aryl methyl sites for hydroxylation is 1. The summed E-state index contributed by atoms with van der Waals surface area (Å²) >= 11 is 0. The van der Waals surface area contributed by atoms with Crippen LogP contribution in [0.1, 0.15) is 21.8 Å².